The number of aliphatic carboxylic acids is 2. The first-order valence-corrected chi connectivity index (χ1v) is 7.83. The molecule has 2 N–H and O–H groups in total. The van der Waals surface area contributed by atoms with Gasteiger partial charge in [-0.2, -0.15) is 0 Å². The van der Waals surface area contributed by atoms with Crippen LogP contribution in [0.3, 0.4) is 0 Å². The number of carboxylic acids is 2. The number of hydrogen-bond donors (Lipinski definition) is 2. The Morgan fingerprint density at radius 1 is 0.875 bits per heavy atom. The number of esters is 2. The van der Waals surface area contributed by atoms with Crippen molar-refractivity contribution in [2.24, 2.45) is 5.41 Å². The molecule has 0 rings (SSSR count). The zero-order chi connectivity index (χ0) is 18.9. The fraction of sp³-hybridized carbons (Fsp3) is 0.750. The van der Waals surface area contributed by atoms with E-state index in [0.717, 1.165) is 0 Å². The monoisotopic (exact) mass is 346 g/mol. The van der Waals surface area contributed by atoms with Crippen LogP contribution in [0.2, 0.25) is 0 Å². The van der Waals surface area contributed by atoms with E-state index >= 15 is 0 Å². The van der Waals surface area contributed by atoms with E-state index in [1.54, 1.807) is 0 Å². The average Bonchev–Trinajstić information content (AvgIpc) is 2.40. The first-order chi connectivity index (χ1) is 11.0. The minimum absolute atomic E-state index is 0.000922. The topological polar surface area (TPSA) is 127 Å². The molecule has 8 heteroatoms. The van der Waals surface area contributed by atoms with E-state index in [-0.39, 0.29) is 12.8 Å². The quantitative estimate of drug-likeness (QED) is 0.429. The maximum absolute atomic E-state index is 12.0. The molecule has 0 spiro atoms. The summed E-state index contributed by atoms with van der Waals surface area (Å²) in [5, 5.41) is 18.4. The van der Waals surface area contributed by atoms with Crippen LogP contribution in [-0.4, -0.2) is 46.3 Å². The number of carbonyl (C=O) groups is 4. The van der Waals surface area contributed by atoms with Crippen LogP contribution in [0, 0.1) is 5.41 Å². The van der Waals surface area contributed by atoms with Gasteiger partial charge in [-0.3, -0.25) is 19.2 Å². The molecule has 2 atom stereocenters. The molecule has 0 fully saturated rings. The van der Waals surface area contributed by atoms with Crippen LogP contribution in [0.25, 0.3) is 0 Å². The highest BCUT2D eigenvalue weighted by Crippen LogP contribution is 2.37. The molecule has 0 aliphatic carbocycles. The molecule has 0 bridgehead atoms. The molecule has 8 nitrogen and oxygen atoms in total. The summed E-state index contributed by atoms with van der Waals surface area (Å²) >= 11 is 0. The van der Waals surface area contributed by atoms with Gasteiger partial charge >= 0.3 is 23.9 Å². The number of ether oxygens (including phenoxy) is 2. The minimum atomic E-state index is -1.60. The Hall–Kier alpha value is -2.12. The van der Waals surface area contributed by atoms with E-state index in [1.807, 2.05) is 0 Å². The lowest BCUT2D eigenvalue weighted by Gasteiger charge is -2.38. The van der Waals surface area contributed by atoms with Crippen molar-refractivity contribution in [2.45, 2.75) is 72.0 Å². The van der Waals surface area contributed by atoms with Crippen LogP contribution >= 0.6 is 0 Å². The van der Waals surface area contributed by atoms with E-state index in [9.17, 15) is 24.3 Å². The normalized spacial score (nSPS) is 15.7. The van der Waals surface area contributed by atoms with Crippen molar-refractivity contribution < 1.29 is 38.9 Å². The van der Waals surface area contributed by atoms with Crippen LogP contribution in [0.4, 0.5) is 0 Å². The van der Waals surface area contributed by atoms with E-state index in [4.69, 9.17) is 14.6 Å². The maximum Gasteiger partial charge on any atom is 0.317 e. The Bertz CT molecular complexity index is 449. The molecule has 0 aliphatic heterocycles. The average molecular weight is 346 g/mol. The third-order valence-electron chi connectivity index (χ3n) is 4.02. The molecule has 0 aromatic carbocycles. The highest BCUT2D eigenvalue weighted by atomic mass is 16.6. The predicted molar refractivity (Wildman–Crippen MR) is 83.2 cm³/mol. The van der Waals surface area contributed by atoms with Crippen LogP contribution in [0.5, 0.6) is 0 Å². The van der Waals surface area contributed by atoms with Crippen molar-refractivity contribution in [2.75, 3.05) is 0 Å². The van der Waals surface area contributed by atoms with Gasteiger partial charge in [0.15, 0.2) is 0 Å². The molecule has 138 valence electrons. The van der Waals surface area contributed by atoms with Gasteiger partial charge in [0.05, 0.1) is 0 Å². The van der Waals surface area contributed by atoms with Gasteiger partial charge in [-0.25, -0.2) is 0 Å². The summed E-state index contributed by atoms with van der Waals surface area (Å²) in [6.45, 7) is 5.25. The van der Waals surface area contributed by atoms with Crippen molar-refractivity contribution in [3.8, 4) is 0 Å². The molecule has 0 aromatic rings. The number of carboxylic acid groups (broad SMARTS) is 2. The highest BCUT2D eigenvalue weighted by Gasteiger charge is 2.51. The largest absolute Gasteiger partial charge is 0.481 e. The molecule has 0 heterocycles. The second-order valence-electron chi connectivity index (χ2n) is 5.80. The number of carbonyl (C=O) groups excluding carboxylic acids is 2. The summed E-state index contributed by atoms with van der Waals surface area (Å²) in [6.07, 6.45) is -0.626. The third-order valence-corrected chi connectivity index (χ3v) is 4.02. The lowest BCUT2D eigenvalue weighted by atomic mass is 9.73. The van der Waals surface area contributed by atoms with Crippen LogP contribution in [0.15, 0.2) is 0 Å². The van der Waals surface area contributed by atoms with E-state index in [1.165, 1.54) is 27.7 Å². The minimum Gasteiger partial charge on any atom is -0.481 e. The van der Waals surface area contributed by atoms with Gasteiger partial charge in [0, 0.05) is 20.3 Å². The number of unbranched alkanes of at least 4 members (excludes halogenated alkanes) is 2. The van der Waals surface area contributed by atoms with Crippen molar-refractivity contribution in [3.05, 3.63) is 0 Å². The Morgan fingerprint density at radius 2 is 1.33 bits per heavy atom. The Balaban J connectivity index is 5.26. The second-order valence-corrected chi connectivity index (χ2v) is 5.80. The smallest absolute Gasteiger partial charge is 0.317 e. The van der Waals surface area contributed by atoms with Crippen molar-refractivity contribution in [3.63, 3.8) is 0 Å². The predicted octanol–water partition coefficient (Wildman–Crippen LogP) is 2.00. The van der Waals surface area contributed by atoms with Gasteiger partial charge in [0.1, 0.15) is 17.6 Å². The molecule has 0 saturated carbocycles. The second kappa shape index (κ2) is 9.89. The first-order valence-electron chi connectivity index (χ1n) is 7.83. The molecule has 0 aromatic heterocycles. The summed E-state index contributed by atoms with van der Waals surface area (Å²) in [5.41, 5.74) is -1.60. The van der Waals surface area contributed by atoms with Gasteiger partial charge < -0.3 is 19.7 Å². The zero-order valence-electron chi connectivity index (χ0n) is 14.5. The Labute approximate surface area is 141 Å². The molecule has 0 aliphatic rings. The molecule has 0 saturated heterocycles. The Morgan fingerprint density at radius 3 is 1.67 bits per heavy atom. The molecular formula is C16H26O8. The van der Waals surface area contributed by atoms with Crippen molar-refractivity contribution >= 4 is 23.9 Å². The van der Waals surface area contributed by atoms with Crippen LogP contribution in [0.1, 0.15) is 59.8 Å². The van der Waals surface area contributed by atoms with E-state index in [2.05, 4.69) is 0 Å². The van der Waals surface area contributed by atoms with Gasteiger partial charge in [-0.05, 0) is 26.7 Å². The maximum atomic E-state index is 12.0. The van der Waals surface area contributed by atoms with E-state index < -0.39 is 41.5 Å². The molecule has 0 amide bonds. The number of hydrogen-bond acceptors (Lipinski definition) is 6. The SMILES string of the molecule is CC(=O)OC(C)C(CCCCCC(=O)O)(C(=O)O)C(C)OC(C)=O. The lowest BCUT2D eigenvalue weighted by Crippen LogP contribution is -2.52. The molecular weight excluding hydrogens is 320 g/mol. The van der Waals surface area contributed by atoms with Gasteiger partial charge in [0.25, 0.3) is 0 Å². The summed E-state index contributed by atoms with van der Waals surface area (Å²) < 4.78 is 10.1. The molecule has 2 unspecified atom stereocenters. The number of rotatable bonds is 11. The fourth-order valence-electron chi connectivity index (χ4n) is 2.77. The standard InChI is InChI=1S/C16H26O8/c1-10(23-12(3)17)16(15(21)22,11(2)24-13(4)18)9-7-5-6-8-14(19)20/h10-11H,5-9H2,1-4H3,(H,19,20)(H,21,22). The van der Waals surface area contributed by atoms with Crippen molar-refractivity contribution in [1.29, 1.82) is 0 Å². The lowest BCUT2D eigenvalue weighted by molar-refractivity contribution is -0.185. The summed E-state index contributed by atoms with van der Waals surface area (Å²) in [5.74, 6) is -3.41. The van der Waals surface area contributed by atoms with Gasteiger partial charge in [-0.1, -0.05) is 12.8 Å². The first kappa shape index (κ1) is 21.9. The van der Waals surface area contributed by atoms with Gasteiger partial charge in [0.2, 0.25) is 0 Å². The van der Waals surface area contributed by atoms with Crippen LogP contribution in [-0.2, 0) is 28.7 Å². The fourth-order valence-corrected chi connectivity index (χ4v) is 2.77. The Kier molecular flexibility index (Phi) is 9.02. The highest BCUT2D eigenvalue weighted by molar-refractivity contribution is 5.78. The zero-order valence-corrected chi connectivity index (χ0v) is 14.5. The van der Waals surface area contributed by atoms with Crippen LogP contribution < -0.4 is 0 Å². The molecule has 24 heavy (non-hydrogen) atoms. The summed E-state index contributed by atoms with van der Waals surface area (Å²) in [7, 11) is 0. The molecule has 0 radical (unpaired) electrons. The van der Waals surface area contributed by atoms with E-state index in [0.29, 0.717) is 19.3 Å². The summed E-state index contributed by atoms with van der Waals surface area (Å²) in [6, 6.07) is 0. The third kappa shape index (κ3) is 6.55. The van der Waals surface area contributed by atoms with Crippen molar-refractivity contribution in [1.82, 2.24) is 0 Å². The summed E-state index contributed by atoms with van der Waals surface area (Å²) in [4.78, 5) is 44.9. The van der Waals surface area contributed by atoms with Gasteiger partial charge in [-0.15, -0.1) is 0 Å².